The number of fused-ring (bicyclic) bond motifs is 2. The summed E-state index contributed by atoms with van der Waals surface area (Å²) >= 11 is 1.65. The van der Waals surface area contributed by atoms with Crippen LogP contribution in [0.25, 0.3) is 22.1 Å². The molecule has 2 heterocycles. The van der Waals surface area contributed by atoms with Gasteiger partial charge in [0.25, 0.3) is 0 Å². The fourth-order valence-electron chi connectivity index (χ4n) is 3.22. The summed E-state index contributed by atoms with van der Waals surface area (Å²) in [4.78, 5) is 9.28. The average Bonchev–Trinajstić information content (AvgIpc) is 3.17. The molecule has 0 aliphatic rings. The summed E-state index contributed by atoms with van der Waals surface area (Å²) in [6.07, 6.45) is 0. The van der Waals surface area contributed by atoms with E-state index in [1.54, 1.807) is 17.8 Å². The molecule has 0 atom stereocenters. The molecule has 2 aromatic carbocycles. The number of nitrogens with zero attached hydrogens (tertiary/aromatic N) is 4. The fraction of sp³-hybridized carbons (Fsp3) is 0.263. The van der Waals surface area contributed by atoms with Crippen LogP contribution in [0.1, 0.15) is 19.7 Å². The second kappa shape index (κ2) is 6.52. The molecule has 128 valence electrons. The molecule has 0 saturated heterocycles. The molecule has 4 rings (SSSR count). The lowest BCUT2D eigenvalue weighted by Gasteiger charge is -2.07. The maximum atomic E-state index is 14.0. The molecule has 0 radical (unpaired) electrons. The average molecular weight is 354 g/mol. The zero-order valence-electron chi connectivity index (χ0n) is 14.2. The predicted molar refractivity (Wildman–Crippen MR) is 100 cm³/mol. The van der Waals surface area contributed by atoms with Gasteiger partial charge in [-0.2, -0.15) is 0 Å². The molecular formula is C19H19FN4S. The van der Waals surface area contributed by atoms with Gasteiger partial charge in [0, 0.05) is 13.1 Å². The van der Waals surface area contributed by atoms with Crippen LogP contribution in [0.15, 0.2) is 47.6 Å². The van der Waals surface area contributed by atoms with Crippen molar-refractivity contribution in [1.82, 2.24) is 19.1 Å². The van der Waals surface area contributed by atoms with Crippen molar-refractivity contribution in [3.8, 4) is 0 Å². The van der Waals surface area contributed by atoms with Crippen LogP contribution in [-0.4, -0.2) is 19.1 Å². The summed E-state index contributed by atoms with van der Waals surface area (Å²) < 4.78 is 18.3. The number of imidazole rings is 2. The summed E-state index contributed by atoms with van der Waals surface area (Å²) in [7, 11) is 0. The predicted octanol–water partition coefficient (Wildman–Crippen LogP) is 4.86. The largest absolute Gasteiger partial charge is 0.327 e. The van der Waals surface area contributed by atoms with Crippen molar-refractivity contribution in [3.63, 3.8) is 0 Å². The van der Waals surface area contributed by atoms with Crippen molar-refractivity contribution in [2.75, 3.05) is 0 Å². The first kappa shape index (κ1) is 16.1. The Kier molecular flexibility index (Phi) is 4.21. The molecule has 0 spiro atoms. The summed E-state index contributed by atoms with van der Waals surface area (Å²) in [6.45, 7) is 5.80. The highest BCUT2D eigenvalue weighted by molar-refractivity contribution is 7.98. The third kappa shape index (κ3) is 2.70. The van der Waals surface area contributed by atoms with Crippen LogP contribution in [-0.2, 0) is 18.8 Å². The maximum absolute atomic E-state index is 14.0. The minimum atomic E-state index is -0.267. The number of thioether (sulfide) groups is 1. The molecule has 6 heteroatoms. The summed E-state index contributed by atoms with van der Waals surface area (Å²) in [5.74, 6) is 1.27. The molecule has 0 aliphatic carbocycles. The molecule has 0 N–H and O–H groups in total. The van der Waals surface area contributed by atoms with Gasteiger partial charge in [0.1, 0.15) is 11.3 Å². The van der Waals surface area contributed by atoms with E-state index in [9.17, 15) is 4.39 Å². The van der Waals surface area contributed by atoms with Gasteiger partial charge >= 0.3 is 0 Å². The van der Waals surface area contributed by atoms with E-state index in [4.69, 9.17) is 4.98 Å². The van der Waals surface area contributed by atoms with E-state index in [0.717, 1.165) is 40.6 Å². The number of hydrogen-bond acceptors (Lipinski definition) is 3. The van der Waals surface area contributed by atoms with E-state index in [1.807, 2.05) is 24.3 Å². The quantitative estimate of drug-likeness (QED) is 0.480. The SMILES string of the molecule is CCn1c(SCc2nc3c(F)cccc3n2CC)nc2ccccc21. The molecule has 4 aromatic rings. The topological polar surface area (TPSA) is 35.6 Å². The first-order chi connectivity index (χ1) is 12.2. The standard InChI is InChI=1S/C19H19FN4S/c1-3-23-16-11-7-8-13(20)18(16)22-17(23)12-25-19-21-14-9-5-6-10-15(14)24(19)4-2/h5-11H,3-4,12H2,1-2H3. The molecule has 0 saturated carbocycles. The highest BCUT2D eigenvalue weighted by Gasteiger charge is 2.15. The van der Waals surface area contributed by atoms with E-state index in [-0.39, 0.29) is 5.82 Å². The lowest BCUT2D eigenvalue weighted by molar-refractivity contribution is 0.637. The van der Waals surface area contributed by atoms with Crippen LogP contribution in [0.2, 0.25) is 0 Å². The Labute approximate surface area is 149 Å². The van der Waals surface area contributed by atoms with Crippen molar-refractivity contribution in [1.29, 1.82) is 0 Å². The third-order valence-electron chi connectivity index (χ3n) is 4.39. The van der Waals surface area contributed by atoms with Crippen LogP contribution < -0.4 is 0 Å². The van der Waals surface area contributed by atoms with Gasteiger partial charge in [-0.15, -0.1) is 0 Å². The maximum Gasteiger partial charge on any atom is 0.169 e. The number of halogens is 1. The molecule has 2 aromatic heterocycles. The molecule has 25 heavy (non-hydrogen) atoms. The molecule has 0 amide bonds. The molecule has 0 unspecified atom stereocenters. The second-order valence-electron chi connectivity index (χ2n) is 5.80. The Morgan fingerprint density at radius 1 is 0.920 bits per heavy atom. The van der Waals surface area contributed by atoms with Crippen LogP contribution in [0, 0.1) is 5.82 Å². The van der Waals surface area contributed by atoms with E-state index < -0.39 is 0 Å². The minimum absolute atomic E-state index is 0.267. The Balaban J connectivity index is 1.70. The Morgan fingerprint density at radius 2 is 1.68 bits per heavy atom. The molecule has 0 bridgehead atoms. The van der Waals surface area contributed by atoms with Gasteiger partial charge in [0.2, 0.25) is 0 Å². The van der Waals surface area contributed by atoms with Crippen molar-refractivity contribution in [2.45, 2.75) is 37.8 Å². The first-order valence-electron chi connectivity index (χ1n) is 8.44. The van der Waals surface area contributed by atoms with Crippen LogP contribution in [0.5, 0.6) is 0 Å². The van der Waals surface area contributed by atoms with E-state index in [0.29, 0.717) is 11.3 Å². The number of aromatic nitrogens is 4. The lowest BCUT2D eigenvalue weighted by Crippen LogP contribution is -2.01. The van der Waals surface area contributed by atoms with Gasteiger partial charge in [0.05, 0.1) is 22.3 Å². The Morgan fingerprint density at radius 3 is 2.48 bits per heavy atom. The van der Waals surface area contributed by atoms with Crippen molar-refractivity contribution < 1.29 is 4.39 Å². The van der Waals surface area contributed by atoms with E-state index in [1.165, 1.54) is 6.07 Å². The molecule has 4 nitrogen and oxygen atoms in total. The normalized spacial score (nSPS) is 11.6. The number of para-hydroxylation sites is 3. The highest BCUT2D eigenvalue weighted by Crippen LogP contribution is 2.28. The fourth-order valence-corrected chi connectivity index (χ4v) is 4.25. The van der Waals surface area contributed by atoms with Crippen molar-refractivity contribution >= 4 is 33.8 Å². The molecule has 0 fully saturated rings. The third-order valence-corrected chi connectivity index (χ3v) is 5.36. The molecular weight excluding hydrogens is 335 g/mol. The number of aryl methyl sites for hydroxylation is 2. The molecule has 0 aliphatic heterocycles. The first-order valence-corrected chi connectivity index (χ1v) is 9.43. The van der Waals surface area contributed by atoms with Gasteiger partial charge < -0.3 is 9.13 Å². The smallest absolute Gasteiger partial charge is 0.169 e. The monoisotopic (exact) mass is 354 g/mol. The minimum Gasteiger partial charge on any atom is -0.327 e. The van der Waals surface area contributed by atoms with Gasteiger partial charge in [-0.1, -0.05) is 30.0 Å². The van der Waals surface area contributed by atoms with Gasteiger partial charge in [-0.25, -0.2) is 14.4 Å². The van der Waals surface area contributed by atoms with E-state index >= 15 is 0 Å². The Bertz CT molecular complexity index is 1050. The van der Waals surface area contributed by atoms with Gasteiger partial charge in [-0.3, -0.25) is 0 Å². The van der Waals surface area contributed by atoms with Gasteiger partial charge in [0.15, 0.2) is 11.0 Å². The lowest BCUT2D eigenvalue weighted by atomic mass is 10.3. The van der Waals surface area contributed by atoms with Crippen LogP contribution in [0.3, 0.4) is 0 Å². The number of rotatable bonds is 5. The number of benzene rings is 2. The summed E-state index contributed by atoms with van der Waals surface area (Å²) in [5, 5.41) is 0.971. The van der Waals surface area contributed by atoms with Crippen LogP contribution >= 0.6 is 11.8 Å². The Hall–Kier alpha value is -2.34. The van der Waals surface area contributed by atoms with Crippen molar-refractivity contribution in [3.05, 3.63) is 54.1 Å². The number of hydrogen-bond donors (Lipinski definition) is 0. The second-order valence-corrected chi connectivity index (χ2v) is 6.74. The van der Waals surface area contributed by atoms with Crippen LogP contribution in [0.4, 0.5) is 4.39 Å². The summed E-state index contributed by atoms with van der Waals surface area (Å²) in [6, 6.07) is 13.3. The summed E-state index contributed by atoms with van der Waals surface area (Å²) in [5.41, 5.74) is 3.44. The van der Waals surface area contributed by atoms with Gasteiger partial charge in [-0.05, 0) is 38.1 Å². The zero-order chi connectivity index (χ0) is 17.4. The zero-order valence-corrected chi connectivity index (χ0v) is 15.1. The van der Waals surface area contributed by atoms with Crippen molar-refractivity contribution in [2.24, 2.45) is 0 Å². The highest BCUT2D eigenvalue weighted by atomic mass is 32.2. The van der Waals surface area contributed by atoms with E-state index in [2.05, 4.69) is 34.0 Å².